The van der Waals surface area contributed by atoms with Crippen LogP contribution in [0.4, 0.5) is 0 Å². The molecule has 4 rings (SSSR count). The van der Waals surface area contributed by atoms with Gasteiger partial charge in [-0.25, -0.2) is 0 Å². The summed E-state index contributed by atoms with van der Waals surface area (Å²) >= 11 is 0. The van der Waals surface area contributed by atoms with Crippen molar-refractivity contribution in [3.05, 3.63) is 0 Å². The lowest BCUT2D eigenvalue weighted by atomic mass is 9.47. The van der Waals surface area contributed by atoms with Gasteiger partial charge in [0.25, 0.3) is 5.91 Å². The van der Waals surface area contributed by atoms with E-state index in [2.05, 4.69) is 10.6 Å². The van der Waals surface area contributed by atoms with Crippen LogP contribution in [0.1, 0.15) is 45.4 Å². The summed E-state index contributed by atoms with van der Waals surface area (Å²) in [7, 11) is 1.52. The van der Waals surface area contributed by atoms with Crippen LogP contribution in [0, 0.1) is 17.3 Å². The molecule has 2 atom stereocenters. The molecule has 4 fully saturated rings. The van der Waals surface area contributed by atoms with Gasteiger partial charge in [0.2, 0.25) is 5.91 Å². The van der Waals surface area contributed by atoms with Gasteiger partial charge in [0.15, 0.2) is 6.61 Å². The summed E-state index contributed by atoms with van der Waals surface area (Å²) in [6, 6.07) is 0. The molecule has 4 saturated carbocycles. The maximum Gasteiger partial charge on any atom is 0.312 e. The molecule has 0 aromatic heterocycles. The molecule has 0 radical (unpaired) electrons. The van der Waals surface area contributed by atoms with Gasteiger partial charge in [0, 0.05) is 19.5 Å². The zero-order valence-corrected chi connectivity index (χ0v) is 13.2. The highest BCUT2D eigenvalue weighted by molar-refractivity contribution is 5.83. The monoisotopic (exact) mass is 308 g/mol. The molecule has 22 heavy (non-hydrogen) atoms. The van der Waals surface area contributed by atoms with Gasteiger partial charge >= 0.3 is 5.97 Å². The van der Waals surface area contributed by atoms with Crippen LogP contribution in [0.5, 0.6) is 0 Å². The SMILES string of the molecule is CNC(=O)COC(=O)C12CC3CC(CC(NC(C)=O)(C3)C1)C2. The van der Waals surface area contributed by atoms with Crippen molar-refractivity contribution in [3.8, 4) is 0 Å². The molecular formula is C16H24N2O4. The Kier molecular flexibility index (Phi) is 3.65. The second kappa shape index (κ2) is 5.25. The number of esters is 1. The molecule has 0 aromatic rings. The third kappa shape index (κ3) is 2.59. The molecule has 4 bridgehead atoms. The molecule has 0 heterocycles. The second-order valence-electron chi connectivity index (χ2n) is 7.45. The number of likely N-dealkylation sites (N-methyl/N-ethyl adjacent to an activating group) is 1. The number of hydrogen-bond donors (Lipinski definition) is 2. The molecule has 122 valence electrons. The minimum atomic E-state index is -0.513. The van der Waals surface area contributed by atoms with E-state index in [1.807, 2.05) is 0 Å². The molecule has 6 nitrogen and oxygen atoms in total. The Morgan fingerprint density at radius 3 is 2.32 bits per heavy atom. The topological polar surface area (TPSA) is 84.5 Å². The first-order valence-electron chi connectivity index (χ1n) is 8.03. The number of carbonyl (C=O) groups is 3. The molecule has 6 heteroatoms. The first-order chi connectivity index (χ1) is 10.4. The van der Waals surface area contributed by atoms with Crippen LogP contribution in [-0.4, -0.2) is 37.0 Å². The Morgan fingerprint density at radius 2 is 1.77 bits per heavy atom. The fraction of sp³-hybridized carbons (Fsp3) is 0.812. The van der Waals surface area contributed by atoms with E-state index in [9.17, 15) is 14.4 Å². The summed E-state index contributed by atoms with van der Waals surface area (Å²) < 4.78 is 5.27. The summed E-state index contributed by atoms with van der Waals surface area (Å²) in [4.78, 5) is 35.5. The van der Waals surface area contributed by atoms with Crippen molar-refractivity contribution in [2.24, 2.45) is 17.3 Å². The van der Waals surface area contributed by atoms with Crippen molar-refractivity contribution < 1.29 is 19.1 Å². The molecule has 0 saturated heterocycles. The van der Waals surface area contributed by atoms with E-state index in [1.54, 1.807) is 0 Å². The maximum absolute atomic E-state index is 12.6. The number of ether oxygens (including phenoxy) is 1. The molecule has 0 aromatic carbocycles. The van der Waals surface area contributed by atoms with Crippen molar-refractivity contribution in [2.75, 3.05) is 13.7 Å². The predicted octanol–water partition coefficient (Wildman–Crippen LogP) is 0.751. The smallest absolute Gasteiger partial charge is 0.312 e. The lowest BCUT2D eigenvalue weighted by molar-refractivity contribution is -0.177. The van der Waals surface area contributed by atoms with E-state index < -0.39 is 5.41 Å². The number of carbonyl (C=O) groups excluding carboxylic acids is 3. The lowest BCUT2D eigenvalue weighted by Crippen LogP contribution is -2.64. The molecule has 4 aliphatic rings. The highest BCUT2D eigenvalue weighted by atomic mass is 16.5. The lowest BCUT2D eigenvalue weighted by Gasteiger charge is -2.60. The Morgan fingerprint density at radius 1 is 1.14 bits per heavy atom. The first kappa shape index (κ1) is 15.3. The Bertz CT molecular complexity index is 502. The zero-order valence-electron chi connectivity index (χ0n) is 13.2. The number of amides is 2. The van der Waals surface area contributed by atoms with E-state index >= 15 is 0 Å². The predicted molar refractivity (Wildman–Crippen MR) is 78.7 cm³/mol. The molecule has 0 aliphatic heterocycles. The third-order valence-corrected chi connectivity index (χ3v) is 5.55. The average Bonchev–Trinajstić information content (AvgIpc) is 2.41. The molecular weight excluding hydrogens is 284 g/mol. The van der Waals surface area contributed by atoms with Gasteiger partial charge in [-0.2, -0.15) is 0 Å². The second-order valence-corrected chi connectivity index (χ2v) is 7.45. The Balaban J connectivity index is 1.77. The minimum absolute atomic E-state index is 0.0316. The van der Waals surface area contributed by atoms with Crippen LogP contribution >= 0.6 is 0 Å². The number of nitrogens with one attached hydrogen (secondary N) is 2. The van der Waals surface area contributed by atoms with Gasteiger partial charge in [0.1, 0.15) is 0 Å². The van der Waals surface area contributed by atoms with Gasteiger partial charge in [-0.3, -0.25) is 14.4 Å². The van der Waals surface area contributed by atoms with Crippen molar-refractivity contribution in [3.63, 3.8) is 0 Å². The van der Waals surface area contributed by atoms with E-state index in [0.29, 0.717) is 18.3 Å². The molecule has 2 unspecified atom stereocenters. The van der Waals surface area contributed by atoms with Crippen molar-refractivity contribution in [1.82, 2.24) is 10.6 Å². The van der Waals surface area contributed by atoms with Crippen LogP contribution in [0.15, 0.2) is 0 Å². The highest BCUT2D eigenvalue weighted by Crippen LogP contribution is 2.62. The van der Waals surface area contributed by atoms with Crippen LogP contribution in [0.25, 0.3) is 0 Å². The van der Waals surface area contributed by atoms with Gasteiger partial charge in [0.05, 0.1) is 5.41 Å². The standard InChI is InChI=1S/C16H24N2O4/c1-10(19)18-16-6-11-3-12(7-16)5-15(4-11,9-16)14(21)22-8-13(20)17-2/h11-12H,3-9H2,1-2H3,(H,17,20)(H,18,19). The quantitative estimate of drug-likeness (QED) is 0.751. The summed E-state index contributed by atoms with van der Waals surface area (Å²) in [5.41, 5.74) is -0.761. The van der Waals surface area contributed by atoms with Gasteiger partial charge < -0.3 is 15.4 Å². The molecule has 4 aliphatic carbocycles. The third-order valence-electron chi connectivity index (χ3n) is 5.55. The highest BCUT2D eigenvalue weighted by Gasteiger charge is 2.61. The fourth-order valence-corrected chi connectivity index (χ4v) is 5.38. The van der Waals surface area contributed by atoms with Crippen LogP contribution < -0.4 is 10.6 Å². The van der Waals surface area contributed by atoms with E-state index in [1.165, 1.54) is 14.0 Å². The van der Waals surface area contributed by atoms with Crippen molar-refractivity contribution >= 4 is 17.8 Å². The fourth-order valence-electron chi connectivity index (χ4n) is 5.38. The number of hydrogen-bond acceptors (Lipinski definition) is 4. The maximum atomic E-state index is 12.6. The number of rotatable bonds is 4. The van der Waals surface area contributed by atoms with Crippen molar-refractivity contribution in [2.45, 2.75) is 51.0 Å². The van der Waals surface area contributed by atoms with Gasteiger partial charge in [-0.1, -0.05) is 0 Å². The van der Waals surface area contributed by atoms with E-state index in [-0.39, 0.29) is 29.9 Å². The molecule has 2 N–H and O–H groups in total. The Hall–Kier alpha value is -1.59. The summed E-state index contributed by atoms with van der Waals surface area (Å²) in [6.45, 7) is 1.31. The van der Waals surface area contributed by atoms with Crippen LogP contribution in [-0.2, 0) is 19.1 Å². The first-order valence-corrected chi connectivity index (χ1v) is 8.03. The van der Waals surface area contributed by atoms with Crippen LogP contribution in [0.2, 0.25) is 0 Å². The van der Waals surface area contributed by atoms with Crippen LogP contribution in [0.3, 0.4) is 0 Å². The average molecular weight is 308 g/mol. The summed E-state index contributed by atoms with van der Waals surface area (Å²) in [6.07, 6.45) is 5.39. The van der Waals surface area contributed by atoms with Gasteiger partial charge in [-0.15, -0.1) is 0 Å². The molecule has 0 spiro atoms. The summed E-state index contributed by atoms with van der Waals surface area (Å²) in [5.74, 6) is 0.353. The minimum Gasteiger partial charge on any atom is -0.455 e. The van der Waals surface area contributed by atoms with E-state index in [4.69, 9.17) is 4.74 Å². The largest absolute Gasteiger partial charge is 0.455 e. The van der Waals surface area contributed by atoms with Gasteiger partial charge in [-0.05, 0) is 50.4 Å². The van der Waals surface area contributed by atoms with E-state index in [0.717, 1.165) is 32.1 Å². The van der Waals surface area contributed by atoms with Crippen molar-refractivity contribution in [1.29, 1.82) is 0 Å². The Labute approximate surface area is 130 Å². The molecule has 2 amide bonds. The normalized spacial score (nSPS) is 38.5. The summed E-state index contributed by atoms with van der Waals surface area (Å²) in [5, 5.41) is 5.57. The zero-order chi connectivity index (χ0) is 16.0.